The highest BCUT2D eigenvalue weighted by Gasteiger charge is 2.54. The molecular weight excluding hydrogens is 698 g/mol. The molecule has 2 fully saturated rings. The van der Waals surface area contributed by atoms with Crippen molar-refractivity contribution in [2.24, 2.45) is 0 Å². The van der Waals surface area contributed by atoms with E-state index in [0.717, 1.165) is 43.2 Å². The molecule has 4 heterocycles. The summed E-state index contributed by atoms with van der Waals surface area (Å²) in [5.74, 6) is -3.81. The summed E-state index contributed by atoms with van der Waals surface area (Å²) in [5, 5.41) is 3.99. The summed E-state index contributed by atoms with van der Waals surface area (Å²) in [7, 11) is 0. The number of hydrogen-bond acceptors (Lipinski definition) is 6. The lowest BCUT2D eigenvalue weighted by atomic mass is 9.71. The molecule has 2 aromatic heterocycles. The van der Waals surface area contributed by atoms with Crippen molar-refractivity contribution < 1.29 is 27.2 Å². The monoisotopic (exact) mass is 739 g/mol. The number of benzene rings is 2. The third-order valence-electron chi connectivity index (χ3n) is 11.0. The lowest BCUT2D eigenvalue weighted by molar-refractivity contribution is -0.123. The number of likely N-dealkylation sites (tertiary alicyclic amines) is 1. The number of rotatable bonds is 9. The smallest absolute Gasteiger partial charge is 0.255 e. The van der Waals surface area contributed by atoms with Gasteiger partial charge in [-0.15, -0.1) is 0 Å². The maximum absolute atomic E-state index is 15.4. The Kier molecular flexibility index (Phi) is 9.26. The van der Waals surface area contributed by atoms with Crippen molar-refractivity contribution in [1.29, 1.82) is 0 Å². The van der Waals surface area contributed by atoms with Crippen LogP contribution in [0.2, 0.25) is 5.02 Å². The molecule has 3 aliphatic rings. The first-order chi connectivity index (χ1) is 24.6. The van der Waals surface area contributed by atoms with E-state index >= 15 is 8.78 Å². The largest absolute Gasteiger partial charge is 0.346 e. The van der Waals surface area contributed by atoms with Crippen LogP contribution in [0.25, 0.3) is 22.3 Å². The minimum Gasteiger partial charge on any atom is -0.346 e. The van der Waals surface area contributed by atoms with Gasteiger partial charge in [0.25, 0.3) is 12.3 Å². The van der Waals surface area contributed by atoms with Gasteiger partial charge >= 0.3 is 0 Å². The SMILES string of the molecule is CC(C)n1cnc2cc(-c3ccc4c(c3)N([C@H]3C[C@@](C)(N5CCCCC5)C3)C(=O)C4(C)C)nc(Nc3cc(C(=O)NCC(F)F)c(Cl)c(F)c3F)c21. The Labute approximate surface area is 304 Å². The molecule has 276 valence electrons. The number of carbonyl (C=O) groups is 2. The number of amides is 2. The summed E-state index contributed by atoms with van der Waals surface area (Å²) in [6.07, 6.45) is 4.18. The fourth-order valence-electron chi connectivity index (χ4n) is 8.08. The van der Waals surface area contributed by atoms with Crippen LogP contribution in [0, 0.1) is 11.6 Å². The molecule has 9 nitrogen and oxygen atoms in total. The van der Waals surface area contributed by atoms with Crippen LogP contribution in [0.1, 0.15) is 88.7 Å². The molecule has 2 aromatic carbocycles. The molecule has 2 amide bonds. The highest BCUT2D eigenvalue weighted by atomic mass is 35.5. The highest BCUT2D eigenvalue weighted by Crippen LogP contribution is 2.50. The molecule has 0 atom stereocenters. The lowest BCUT2D eigenvalue weighted by Crippen LogP contribution is -2.64. The van der Waals surface area contributed by atoms with E-state index in [9.17, 15) is 18.4 Å². The van der Waals surface area contributed by atoms with E-state index in [0.29, 0.717) is 22.3 Å². The topological polar surface area (TPSA) is 95.4 Å². The van der Waals surface area contributed by atoms with E-state index in [1.807, 2.05) is 60.7 Å². The fraction of sp³-hybridized carbons (Fsp3) is 0.474. The van der Waals surface area contributed by atoms with Crippen molar-refractivity contribution in [3.05, 3.63) is 64.4 Å². The van der Waals surface area contributed by atoms with Gasteiger partial charge in [-0.3, -0.25) is 14.5 Å². The number of carbonyl (C=O) groups excluding carboxylic acids is 2. The second kappa shape index (κ2) is 13.3. The third-order valence-corrected chi connectivity index (χ3v) is 11.4. The standard InChI is InChI=1S/C38H42ClF4N7O2/c1-20(2)49-19-45-27-15-25(46-34(33(27)49)47-26-14-23(30(39)32(43)31(26)42)35(51)44-18-29(40)41)21-9-10-24-28(13-21)50(36(52)37(24,3)4)22-16-38(5,17-22)48-11-7-6-8-12-48/h9-10,13-15,19-20,22,29H,6-8,11-12,16-18H2,1-5H3,(H,44,51)(H,46,47)/t22-,38+. The molecule has 2 aliphatic heterocycles. The van der Waals surface area contributed by atoms with Crippen molar-refractivity contribution in [2.45, 2.75) is 96.2 Å². The van der Waals surface area contributed by atoms with Gasteiger partial charge in [0.2, 0.25) is 5.91 Å². The van der Waals surface area contributed by atoms with E-state index in [-0.39, 0.29) is 29.3 Å². The van der Waals surface area contributed by atoms with Gasteiger partial charge in [0.1, 0.15) is 5.52 Å². The first-order valence-electron chi connectivity index (χ1n) is 17.7. The Hall–Kier alpha value is -4.23. The zero-order chi connectivity index (χ0) is 37.3. The van der Waals surface area contributed by atoms with Crippen molar-refractivity contribution in [1.82, 2.24) is 24.8 Å². The van der Waals surface area contributed by atoms with Crippen molar-refractivity contribution >= 4 is 51.6 Å². The molecule has 0 radical (unpaired) electrons. The number of aromatic nitrogens is 3. The minimum absolute atomic E-state index is 0.0537. The highest BCUT2D eigenvalue weighted by molar-refractivity contribution is 6.34. The number of fused-ring (bicyclic) bond motifs is 2. The van der Waals surface area contributed by atoms with E-state index in [4.69, 9.17) is 16.6 Å². The van der Waals surface area contributed by atoms with Gasteiger partial charge in [0.15, 0.2) is 17.5 Å². The predicted molar refractivity (Wildman–Crippen MR) is 194 cm³/mol. The number of piperidine rings is 1. The van der Waals surface area contributed by atoms with Gasteiger partial charge in [-0.05, 0) is 97.2 Å². The van der Waals surface area contributed by atoms with Gasteiger partial charge in [0, 0.05) is 28.9 Å². The van der Waals surface area contributed by atoms with Crippen molar-refractivity contribution in [3.8, 4) is 11.3 Å². The van der Waals surface area contributed by atoms with Crippen LogP contribution in [0.15, 0.2) is 36.7 Å². The Morgan fingerprint density at radius 3 is 2.42 bits per heavy atom. The average molecular weight is 740 g/mol. The second-order valence-corrected chi connectivity index (χ2v) is 15.6. The third kappa shape index (κ3) is 6.09. The second-order valence-electron chi connectivity index (χ2n) is 15.2. The van der Waals surface area contributed by atoms with Crippen LogP contribution in [-0.2, 0) is 10.2 Å². The van der Waals surface area contributed by atoms with Crippen molar-refractivity contribution in [3.63, 3.8) is 0 Å². The normalized spacial score (nSPS) is 21.6. The summed E-state index contributed by atoms with van der Waals surface area (Å²) in [5.41, 5.74) is 2.23. The van der Waals surface area contributed by atoms with Gasteiger partial charge < -0.3 is 20.1 Å². The van der Waals surface area contributed by atoms with E-state index in [2.05, 4.69) is 22.1 Å². The minimum atomic E-state index is -2.86. The Morgan fingerprint density at radius 2 is 1.75 bits per heavy atom. The first-order valence-corrected chi connectivity index (χ1v) is 18.1. The van der Waals surface area contributed by atoms with E-state index in [1.54, 1.807) is 12.4 Å². The first kappa shape index (κ1) is 36.1. The molecule has 1 saturated heterocycles. The van der Waals surface area contributed by atoms with Crippen LogP contribution in [0.5, 0.6) is 0 Å². The van der Waals surface area contributed by atoms with Crippen LogP contribution in [-0.4, -0.2) is 68.9 Å². The zero-order valence-electron chi connectivity index (χ0n) is 29.8. The molecule has 1 aliphatic carbocycles. The number of hydrogen-bond donors (Lipinski definition) is 2. The summed E-state index contributed by atoms with van der Waals surface area (Å²) in [4.78, 5) is 40.7. The summed E-state index contributed by atoms with van der Waals surface area (Å²) in [6.45, 7) is 11.2. The number of imidazole rings is 1. The molecule has 0 spiro atoms. The molecule has 7 rings (SSSR count). The fourth-order valence-corrected chi connectivity index (χ4v) is 8.30. The number of nitrogens with zero attached hydrogens (tertiary/aromatic N) is 5. The maximum Gasteiger partial charge on any atom is 0.255 e. The number of anilines is 3. The van der Waals surface area contributed by atoms with E-state index < -0.39 is 52.2 Å². The maximum atomic E-state index is 15.4. The van der Waals surface area contributed by atoms with Gasteiger partial charge in [-0.2, -0.15) is 0 Å². The molecule has 14 heteroatoms. The number of halogens is 5. The molecule has 2 N–H and O–H groups in total. The van der Waals surface area contributed by atoms with Crippen molar-refractivity contribution in [2.75, 3.05) is 29.9 Å². The number of pyridine rings is 1. The van der Waals surface area contributed by atoms with Crippen LogP contribution in [0.4, 0.5) is 34.8 Å². The van der Waals surface area contributed by atoms with E-state index in [1.165, 1.54) is 19.3 Å². The Bertz CT molecular complexity index is 2070. The summed E-state index contributed by atoms with van der Waals surface area (Å²) < 4.78 is 57.9. The summed E-state index contributed by atoms with van der Waals surface area (Å²) in [6, 6.07) is 8.53. The van der Waals surface area contributed by atoms with Gasteiger partial charge in [-0.25, -0.2) is 27.5 Å². The molecular formula is C38H42ClF4N7O2. The van der Waals surface area contributed by atoms with Crippen LogP contribution < -0.4 is 15.5 Å². The molecule has 1 saturated carbocycles. The summed E-state index contributed by atoms with van der Waals surface area (Å²) >= 11 is 5.96. The molecule has 52 heavy (non-hydrogen) atoms. The van der Waals surface area contributed by atoms with Crippen LogP contribution in [0.3, 0.4) is 0 Å². The van der Waals surface area contributed by atoms with Gasteiger partial charge in [-0.1, -0.05) is 30.2 Å². The number of nitrogens with one attached hydrogen (secondary N) is 2. The molecule has 0 bridgehead atoms. The number of alkyl halides is 2. The Balaban J connectivity index is 1.28. The Morgan fingerprint density at radius 1 is 1.04 bits per heavy atom. The van der Waals surface area contributed by atoms with Gasteiger partial charge in [0.05, 0.1) is 45.8 Å². The molecule has 0 unspecified atom stereocenters. The predicted octanol–water partition coefficient (Wildman–Crippen LogP) is 8.38. The average Bonchev–Trinajstić information content (AvgIpc) is 3.62. The quantitative estimate of drug-likeness (QED) is 0.132. The van der Waals surface area contributed by atoms with Crippen LogP contribution >= 0.6 is 11.6 Å². The lowest BCUT2D eigenvalue weighted by Gasteiger charge is -2.55. The molecule has 4 aromatic rings. The zero-order valence-corrected chi connectivity index (χ0v) is 30.6.